The van der Waals surface area contributed by atoms with E-state index >= 15 is 0 Å². The Morgan fingerprint density at radius 1 is 1.50 bits per heavy atom. The molecule has 0 saturated carbocycles. The number of nitrogens with one attached hydrogen (secondary N) is 2. The Hall–Kier alpha value is -2.58. The summed E-state index contributed by atoms with van der Waals surface area (Å²) in [5, 5.41) is 10.4. The summed E-state index contributed by atoms with van der Waals surface area (Å²) >= 11 is 1.16. The summed E-state index contributed by atoms with van der Waals surface area (Å²) in [6, 6.07) is 4.42. The Balaban J connectivity index is 0.000000754. The molecule has 0 aliphatic rings. The highest BCUT2D eigenvalue weighted by Gasteiger charge is 2.07. The lowest BCUT2D eigenvalue weighted by molar-refractivity contribution is -0.105. The second kappa shape index (κ2) is 12.9. The second-order valence-electron chi connectivity index (χ2n) is 4.26. The van der Waals surface area contributed by atoms with E-state index < -0.39 is 5.82 Å². The van der Waals surface area contributed by atoms with Crippen molar-refractivity contribution in [1.82, 2.24) is 0 Å². The van der Waals surface area contributed by atoms with Crippen LogP contribution in [0.5, 0.6) is 0 Å². The van der Waals surface area contributed by atoms with E-state index in [0.717, 1.165) is 22.4 Å². The number of para-hydroxylation sites is 1. The maximum absolute atomic E-state index is 13.6. The van der Waals surface area contributed by atoms with Gasteiger partial charge in [0.05, 0.1) is 11.4 Å². The minimum absolute atomic E-state index is 0.224. The molecule has 0 fully saturated rings. The van der Waals surface area contributed by atoms with Gasteiger partial charge in [-0.25, -0.2) is 4.39 Å². The molecular weight excluding hydrogens is 329 g/mol. The van der Waals surface area contributed by atoms with Crippen LogP contribution in [0.4, 0.5) is 15.8 Å². The van der Waals surface area contributed by atoms with E-state index in [1.807, 2.05) is 6.92 Å². The molecule has 1 aromatic carbocycles. The first-order valence-corrected chi connectivity index (χ1v) is 7.67. The van der Waals surface area contributed by atoms with E-state index in [4.69, 9.17) is 10.9 Å². The molecule has 0 atom stereocenters. The van der Waals surface area contributed by atoms with Gasteiger partial charge in [0.2, 0.25) is 6.41 Å². The van der Waals surface area contributed by atoms with Crippen LogP contribution in [0.25, 0.3) is 0 Å². The lowest BCUT2D eigenvalue weighted by atomic mass is 10.2. The monoisotopic (exact) mass is 351 g/mol. The number of carbonyl (C=O) groups excluding carboxylic acids is 1. The minimum Gasteiger partial charge on any atom is -0.404 e. The standard InChI is InChI=1S/C13H14FN3O.C3H8N2S/c1-3-10(7-15-2)8-16-13-11(14)5-4-6-12(13)17-9-18;1-3(2-4)6-5/h3-7,9,16H,1-2,8H2,(H,17,18);2H,4-5H2,1H3/b10-7+;3-2-. The molecule has 0 aliphatic heterocycles. The van der Waals surface area contributed by atoms with Crippen LogP contribution in [0.3, 0.4) is 0 Å². The SMILES string of the molecule is C/C(=C/N)SN.C=C/C(=C\N=C)CNc1c(F)cccc1NC=O. The third-order valence-electron chi connectivity index (χ3n) is 2.64. The Morgan fingerprint density at radius 2 is 2.21 bits per heavy atom. The Labute approximate surface area is 145 Å². The van der Waals surface area contributed by atoms with Crippen LogP contribution >= 0.6 is 11.9 Å². The number of aliphatic imine (C=N–C) groups is 1. The van der Waals surface area contributed by atoms with Gasteiger partial charge in [-0.2, -0.15) is 0 Å². The van der Waals surface area contributed by atoms with Gasteiger partial charge in [-0.15, -0.1) is 0 Å². The number of allylic oxidation sites excluding steroid dienone is 1. The number of nitrogens with zero attached hydrogens (tertiary/aromatic N) is 1. The maximum atomic E-state index is 13.6. The third kappa shape index (κ3) is 8.16. The normalized spacial score (nSPS) is 11.0. The van der Waals surface area contributed by atoms with Crippen LogP contribution in [0.15, 0.2) is 58.7 Å². The van der Waals surface area contributed by atoms with Crippen LogP contribution in [-0.4, -0.2) is 19.7 Å². The largest absolute Gasteiger partial charge is 0.404 e. The molecule has 0 aliphatic carbocycles. The van der Waals surface area contributed by atoms with Crippen LogP contribution in [0, 0.1) is 5.82 Å². The van der Waals surface area contributed by atoms with Crippen molar-refractivity contribution in [2.24, 2.45) is 15.9 Å². The quantitative estimate of drug-likeness (QED) is 0.249. The van der Waals surface area contributed by atoms with E-state index in [0.29, 0.717) is 18.6 Å². The maximum Gasteiger partial charge on any atom is 0.211 e. The zero-order chi connectivity index (χ0) is 18.4. The number of anilines is 2. The van der Waals surface area contributed by atoms with Crippen molar-refractivity contribution in [3.8, 4) is 0 Å². The topological polar surface area (TPSA) is 106 Å². The van der Waals surface area contributed by atoms with E-state index in [1.165, 1.54) is 24.5 Å². The van der Waals surface area contributed by atoms with Crippen molar-refractivity contribution in [3.05, 3.63) is 59.5 Å². The van der Waals surface area contributed by atoms with Crippen molar-refractivity contribution in [3.63, 3.8) is 0 Å². The van der Waals surface area contributed by atoms with Gasteiger partial charge in [0.15, 0.2) is 0 Å². The number of halogens is 1. The average molecular weight is 351 g/mol. The number of benzene rings is 1. The smallest absolute Gasteiger partial charge is 0.211 e. The van der Waals surface area contributed by atoms with Crippen molar-refractivity contribution in [1.29, 1.82) is 0 Å². The van der Waals surface area contributed by atoms with Crippen LogP contribution in [-0.2, 0) is 4.79 Å². The first-order chi connectivity index (χ1) is 11.5. The number of amides is 1. The molecular formula is C16H22FN5OS. The van der Waals surface area contributed by atoms with Crippen molar-refractivity contribution >= 4 is 36.5 Å². The first kappa shape index (κ1) is 21.4. The lowest BCUT2D eigenvalue weighted by Gasteiger charge is -2.12. The summed E-state index contributed by atoms with van der Waals surface area (Å²) in [6.07, 6.45) is 5.09. The molecule has 0 bridgehead atoms. The van der Waals surface area contributed by atoms with E-state index in [-0.39, 0.29) is 5.69 Å². The van der Waals surface area contributed by atoms with Crippen LogP contribution in [0.2, 0.25) is 0 Å². The molecule has 24 heavy (non-hydrogen) atoms. The van der Waals surface area contributed by atoms with Gasteiger partial charge in [0, 0.05) is 23.8 Å². The van der Waals surface area contributed by atoms with Crippen molar-refractivity contribution in [2.75, 3.05) is 17.2 Å². The van der Waals surface area contributed by atoms with E-state index in [2.05, 4.69) is 28.9 Å². The third-order valence-corrected chi connectivity index (χ3v) is 3.15. The molecule has 0 spiro atoms. The molecule has 0 radical (unpaired) electrons. The molecule has 0 aromatic heterocycles. The van der Waals surface area contributed by atoms with E-state index in [1.54, 1.807) is 12.1 Å². The van der Waals surface area contributed by atoms with Crippen molar-refractivity contribution in [2.45, 2.75) is 6.92 Å². The molecule has 1 amide bonds. The van der Waals surface area contributed by atoms with Crippen LogP contribution < -0.4 is 21.5 Å². The Bertz CT molecular complexity index is 616. The molecule has 0 heterocycles. The van der Waals surface area contributed by atoms with Crippen molar-refractivity contribution < 1.29 is 9.18 Å². The minimum atomic E-state index is -0.447. The summed E-state index contributed by atoms with van der Waals surface area (Å²) in [6.45, 7) is 9.13. The van der Waals surface area contributed by atoms with Gasteiger partial charge in [-0.1, -0.05) is 30.7 Å². The Kier molecular flexibility index (Phi) is 11.5. The van der Waals surface area contributed by atoms with Gasteiger partial charge >= 0.3 is 0 Å². The van der Waals surface area contributed by atoms with Gasteiger partial charge < -0.3 is 16.4 Å². The average Bonchev–Trinajstić information content (AvgIpc) is 2.60. The van der Waals surface area contributed by atoms with Gasteiger partial charge in [0.25, 0.3) is 0 Å². The molecule has 6 N–H and O–H groups in total. The first-order valence-electron chi connectivity index (χ1n) is 6.79. The molecule has 130 valence electrons. The zero-order valence-electron chi connectivity index (χ0n) is 13.5. The highest BCUT2D eigenvalue weighted by molar-refractivity contribution is 8.00. The molecule has 0 unspecified atom stereocenters. The molecule has 6 nitrogen and oxygen atoms in total. The predicted octanol–water partition coefficient (Wildman–Crippen LogP) is 2.99. The Morgan fingerprint density at radius 3 is 2.67 bits per heavy atom. The second-order valence-corrected chi connectivity index (χ2v) is 5.14. The summed E-state index contributed by atoms with van der Waals surface area (Å²) in [5.74, 6) is -0.447. The summed E-state index contributed by atoms with van der Waals surface area (Å²) in [4.78, 5) is 15.0. The number of carbonyl (C=O) groups is 1. The summed E-state index contributed by atoms with van der Waals surface area (Å²) in [7, 11) is 0. The fraction of sp³-hybridized carbons (Fsp3) is 0.125. The highest BCUT2D eigenvalue weighted by atomic mass is 32.2. The summed E-state index contributed by atoms with van der Waals surface area (Å²) < 4.78 is 13.6. The molecule has 8 heteroatoms. The van der Waals surface area contributed by atoms with Gasteiger partial charge in [-0.3, -0.25) is 14.9 Å². The van der Waals surface area contributed by atoms with Crippen LogP contribution in [0.1, 0.15) is 6.92 Å². The fourth-order valence-corrected chi connectivity index (χ4v) is 1.48. The fourth-order valence-electron chi connectivity index (χ4n) is 1.41. The van der Waals surface area contributed by atoms with E-state index in [9.17, 15) is 9.18 Å². The molecule has 0 saturated heterocycles. The summed E-state index contributed by atoms with van der Waals surface area (Å²) in [5.41, 5.74) is 6.37. The number of rotatable bonds is 8. The zero-order valence-corrected chi connectivity index (χ0v) is 14.3. The highest BCUT2D eigenvalue weighted by Crippen LogP contribution is 2.24. The number of hydrogen-bond donors (Lipinski definition) is 4. The van der Waals surface area contributed by atoms with Gasteiger partial charge in [0.1, 0.15) is 5.82 Å². The number of nitrogens with two attached hydrogens (primary N) is 2. The van der Waals surface area contributed by atoms with Gasteiger partial charge in [-0.05, 0) is 31.3 Å². The predicted molar refractivity (Wildman–Crippen MR) is 102 cm³/mol. The molecule has 1 rings (SSSR count). The molecule has 1 aromatic rings. The number of hydrogen-bond acceptors (Lipinski definition) is 6. The lowest BCUT2D eigenvalue weighted by Crippen LogP contribution is -2.08.